The van der Waals surface area contributed by atoms with Gasteiger partial charge in [-0.3, -0.25) is 9.59 Å². The molecule has 0 aliphatic heterocycles. The molecule has 2 aromatic rings. The molecule has 0 aliphatic carbocycles. The molecule has 0 saturated carbocycles. The molecule has 1 unspecified atom stereocenters. The van der Waals surface area contributed by atoms with Gasteiger partial charge in [0.1, 0.15) is 18.2 Å². The molecule has 0 radical (unpaired) electrons. The molecule has 2 rings (SSSR count). The molecule has 2 N–H and O–H groups in total. The van der Waals surface area contributed by atoms with Crippen molar-refractivity contribution in [2.24, 2.45) is 0 Å². The number of ether oxygens (including phenoxy) is 1. The van der Waals surface area contributed by atoms with Gasteiger partial charge in [-0.2, -0.15) is 0 Å². The van der Waals surface area contributed by atoms with E-state index in [0.29, 0.717) is 17.3 Å². The fourth-order valence-electron chi connectivity index (χ4n) is 4.51. The first-order chi connectivity index (χ1) is 18.8. The monoisotopic (exact) mass is 571 g/mol. The highest BCUT2D eigenvalue weighted by atomic mass is 35.5. The zero-order valence-electron chi connectivity index (χ0n) is 25.2. The number of nitrogens with zero attached hydrogens (tertiary/aromatic N) is 1. The number of alkyl carbamates (subject to hydrolysis) is 1. The number of anilines is 1. The minimum absolute atomic E-state index is 0.287. The molecule has 0 aromatic heterocycles. The van der Waals surface area contributed by atoms with Gasteiger partial charge in [0.05, 0.1) is 10.7 Å². The van der Waals surface area contributed by atoms with E-state index in [9.17, 15) is 14.4 Å². The fourth-order valence-corrected chi connectivity index (χ4v) is 4.78. The molecule has 220 valence electrons. The molecule has 0 bridgehead atoms. The molecule has 0 heterocycles. The van der Waals surface area contributed by atoms with Crippen molar-refractivity contribution in [2.45, 2.75) is 98.6 Å². The summed E-state index contributed by atoms with van der Waals surface area (Å²) in [4.78, 5) is 41.7. The summed E-state index contributed by atoms with van der Waals surface area (Å²) < 4.78 is 5.32. The SMILES string of the molecule is CCCCCCCCN(C(=O)CNC(=O)OC(C)(C)C)C(C(=O)Nc1c(C)cccc1Cl)c1cc(C)ccc1C. The predicted molar refractivity (Wildman–Crippen MR) is 163 cm³/mol. The van der Waals surface area contributed by atoms with Crippen LogP contribution >= 0.6 is 11.6 Å². The van der Waals surface area contributed by atoms with E-state index in [0.717, 1.165) is 54.4 Å². The van der Waals surface area contributed by atoms with Crippen molar-refractivity contribution in [3.8, 4) is 0 Å². The van der Waals surface area contributed by atoms with E-state index < -0.39 is 17.7 Å². The summed E-state index contributed by atoms with van der Waals surface area (Å²) in [5.74, 6) is -0.724. The van der Waals surface area contributed by atoms with Crippen LogP contribution in [0.15, 0.2) is 36.4 Å². The minimum atomic E-state index is -0.917. The van der Waals surface area contributed by atoms with Gasteiger partial charge >= 0.3 is 6.09 Å². The van der Waals surface area contributed by atoms with Crippen molar-refractivity contribution in [1.82, 2.24) is 10.2 Å². The van der Waals surface area contributed by atoms with E-state index in [1.807, 2.05) is 51.1 Å². The van der Waals surface area contributed by atoms with Crippen LogP contribution in [0.2, 0.25) is 5.02 Å². The van der Waals surface area contributed by atoms with E-state index in [1.54, 1.807) is 31.7 Å². The lowest BCUT2D eigenvalue weighted by atomic mass is 9.96. The van der Waals surface area contributed by atoms with E-state index in [-0.39, 0.29) is 18.4 Å². The first-order valence-electron chi connectivity index (χ1n) is 14.2. The Bertz CT molecular complexity index is 1140. The van der Waals surface area contributed by atoms with Gasteiger partial charge in [-0.25, -0.2) is 4.79 Å². The maximum Gasteiger partial charge on any atom is 0.408 e. The Morgan fingerprint density at radius 1 is 0.950 bits per heavy atom. The molecular weight excluding hydrogens is 526 g/mol. The topological polar surface area (TPSA) is 87.7 Å². The number of nitrogens with one attached hydrogen (secondary N) is 2. The zero-order valence-corrected chi connectivity index (χ0v) is 25.9. The quantitative estimate of drug-likeness (QED) is 0.242. The van der Waals surface area contributed by atoms with Crippen LogP contribution < -0.4 is 10.6 Å². The predicted octanol–water partition coefficient (Wildman–Crippen LogP) is 7.66. The number of aryl methyl sites for hydroxylation is 3. The minimum Gasteiger partial charge on any atom is -0.444 e. The molecule has 0 fully saturated rings. The van der Waals surface area contributed by atoms with Gasteiger partial charge < -0.3 is 20.3 Å². The number of carbonyl (C=O) groups is 3. The number of unbranched alkanes of at least 4 members (excludes halogenated alkanes) is 5. The number of carbonyl (C=O) groups excluding carboxylic acids is 3. The van der Waals surface area contributed by atoms with Gasteiger partial charge in [0.2, 0.25) is 5.91 Å². The Labute approximate surface area is 245 Å². The second-order valence-corrected chi connectivity index (χ2v) is 11.8. The molecule has 0 aliphatic rings. The third kappa shape index (κ3) is 10.5. The first kappa shape index (κ1) is 33.1. The second kappa shape index (κ2) is 15.7. The highest BCUT2D eigenvalue weighted by molar-refractivity contribution is 6.34. The number of hydrogen-bond acceptors (Lipinski definition) is 4. The largest absolute Gasteiger partial charge is 0.444 e. The maximum atomic E-state index is 14.1. The van der Waals surface area contributed by atoms with Crippen LogP contribution in [0.4, 0.5) is 10.5 Å². The molecule has 40 heavy (non-hydrogen) atoms. The molecule has 7 nitrogen and oxygen atoms in total. The average molecular weight is 572 g/mol. The van der Waals surface area contributed by atoms with Crippen molar-refractivity contribution in [3.05, 3.63) is 63.7 Å². The smallest absolute Gasteiger partial charge is 0.408 e. The number of amides is 3. The van der Waals surface area contributed by atoms with Crippen LogP contribution in [0.3, 0.4) is 0 Å². The Balaban J connectivity index is 2.44. The summed E-state index contributed by atoms with van der Waals surface area (Å²) >= 11 is 6.45. The summed E-state index contributed by atoms with van der Waals surface area (Å²) in [6.07, 6.45) is 5.52. The lowest BCUT2D eigenvalue weighted by Crippen LogP contribution is -2.47. The van der Waals surface area contributed by atoms with E-state index in [4.69, 9.17) is 16.3 Å². The number of rotatable bonds is 13. The van der Waals surface area contributed by atoms with Gasteiger partial charge in [0.25, 0.3) is 5.91 Å². The normalized spacial score (nSPS) is 12.0. The second-order valence-electron chi connectivity index (χ2n) is 11.4. The molecular formula is C32H46ClN3O4. The molecule has 0 saturated heterocycles. The van der Waals surface area contributed by atoms with Crippen LogP contribution in [0.5, 0.6) is 0 Å². The third-order valence-corrected chi connectivity index (χ3v) is 6.93. The molecule has 8 heteroatoms. The van der Waals surface area contributed by atoms with Crippen molar-refractivity contribution in [2.75, 3.05) is 18.4 Å². The van der Waals surface area contributed by atoms with Crippen LogP contribution in [-0.2, 0) is 14.3 Å². The van der Waals surface area contributed by atoms with Crippen molar-refractivity contribution >= 4 is 35.2 Å². The molecule has 0 spiro atoms. The van der Waals surface area contributed by atoms with E-state index in [2.05, 4.69) is 17.6 Å². The van der Waals surface area contributed by atoms with Gasteiger partial charge in [-0.05, 0) is 70.7 Å². The van der Waals surface area contributed by atoms with Crippen molar-refractivity contribution in [1.29, 1.82) is 0 Å². The number of benzene rings is 2. The summed E-state index contributed by atoms with van der Waals surface area (Å²) in [5.41, 5.74) is 3.25. The zero-order chi connectivity index (χ0) is 29.9. The Kier molecular flexibility index (Phi) is 13.0. The van der Waals surface area contributed by atoms with Gasteiger partial charge in [0, 0.05) is 6.54 Å². The van der Waals surface area contributed by atoms with E-state index >= 15 is 0 Å². The average Bonchev–Trinajstić information content (AvgIpc) is 2.87. The summed E-state index contributed by atoms with van der Waals surface area (Å²) in [5, 5.41) is 5.99. The standard InChI is InChI=1S/C32H46ClN3O4/c1-8-9-10-11-12-13-19-36(27(37)21-34-31(39)40-32(5,6)7)29(25-20-22(2)17-18-23(25)3)30(38)35-28-24(4)15-14-16-26(28)33/h14-18,20,29H,8-13,19,21H2,1-7H3,(H,34,39)(H,35,38). The lowest BCUT2D eigenvalue weighted by molar-refractivity contribution is -0.138. The van der Waals surface area contributed by atoms with Gasteiger partial charge in [-0.15, -0.1) is 0 Å². The Morgan fingerprint density at radius 2 is 1.62 bits per heavy atom. The number of hydrogen-bond donors (Lipinski definition) is 2. The van der Waals surface area contributed by atoms with Gasteiger partial charge in [0.15, 0.2) is 0 Å². The number of para-hydroxylation sites is 1. The first-order valence-corrected chi connectivity index (χ1v) is 14.6. The summed E-state index contributed by atoms with van der Waals surface area (Å²) in [6.45, 7) is 13.3. The highest BCUT2D eigenvalue weighted by Crippen LogP contribution is 2.31. The van der Waals surface area contributed by atoms with Crippen molar-refractivity contribution in [3.63, 3.8) is 0 Å². The van der Waals surface area contributed by atoms with Crippen LogP contribution in [0.1, 0.15) is 94.5 Å². The number of halogens is 1. The van der Waals surface area contributed by atoms with E-state index in [1.165, 1.54) is 6.42 Å². The molecule has 1 atom stereocenters. The molecule has 2 aromatic carbocycles. The maximum absolute atomic E-state index is 14.1. The van der Waals surface area contributed by atoms with Crippen LogP contribution in [0.25, 0.3) is 0 Å². The Hall–Kier alpha value is -3.06. The fraction of sp³-hybridized carbons (Fsp3) is 0.531. The van der Waals surface area contributed by atoms with Crippen molar-refractivity contribution < 1.29 is 19.1 Å². The third-order valence-electron chi connectivity index (χ3n) is 6.62. The lowest BCUT2D eigenvalue weighted by Gasteiger charge is -2.33. The Morgan fingerprint density at radius 3 is 2.27 bits per heavy atom. The highest BCUT2D eigenvalue weighted by Gasteiger charge is 2.33. The summed E-state index contributed by atoms with van der Waals surface area (Å²) in [6, 6.07) is 10.4. The molecule has 3 amide bonds. The van der Waals surface area contributed by atoms with Crippen LogP contribution in [-0.4, -0.2) is 41.5 Å². The van der Waals surface area contributed by atoms with Gasteiger partial charge in [-0.1, -0.05) is 86.5 Å². The summed E-state index contributed by atoms with van der Waals surface area (Å²) in [7, 11) is 0. The van der Waals surface area contributed by atoms with Crippen LogP contribution in [0, 0.1) is 20.8 Å².